The molecule has 3 heterocycles. The Morgan fingerprint density at radius 2 is 1.66 bits per heavy atom. The molecule has 0 unspecified atom stereocenters. The minimum absolute atomic E-state index is 0.114. The molecule has 4 aromatic rings. The van der Waals surface area contributed by atoms with E-state index in [0.717, 1.165) is 11.8 Å². The standard InChI is InChI=1S/C25H20ClF3N4OS/c26-18-3-1-4-20(15-18)31-10-12-32(13-11-31)24(34)17-6-8-19(9-7-17)33-21(22-5-2-14-35-22)16-23(30-33)25(27,28)29/h1-9,14-16H,10-13H2. The molecular weight excluding hydrogens is 497 g/mol. The lowest BCUT2D eigenvalue weighted by molar-refractivity contribution is -0.141. The molecule has 1 aliphatic heterocycles. The minimum Gasteiger partial charge on any atom is -0.368 e. The Balaban J connectivity index is 1.32. The second-order valence-electron chi connectivity index (χ2n) is 8.11. The third-order valence-electron chi connectivity index (χ3n) is 5.87. The molecule has 0 N–H and O–H groups in total. The van der Waals surface area contributed by atoms with Crippen LogP contribution in [0.1, 0.15) is 16.1 Å². The van der Waals surface area contributed by atoms with Crippen molar-refractivity contribution in [2.24, 2.45) is 0 Å². The Labute approximate surface area is 209 Å². The van der Waals surface area contributed by atoms with Gasteiger partial charge >= 0.3 is 6.18 Å². The molecule has 0 atom stereocenters. The number of aromatic nitrogens is 2. The summed E-state index contributed by atoms with van der Waals surface area (Å²) in [6, 6.07) is 18.7. The zero-order valence-electron chi connectivity index (χ0n) is 18.4. The number of thiophene rings is 1. The predicted octanol–water partition coefficient (Wildman–Crippen LogP) is 6.24. The molecule has 0 bridgehead atoms. The maximum Gasteiger partial charge on any atom is 0.435 e. The molecule has 10 heteroatoms. The van der Waals surface area contributed by atoms with Crippen molar-refractivity contribution >= 4 is 34.5 Å². The highest BCUT2D eigenvalue weighted by atomic mass is 35.5. The van der Waals surface area contributed by atoms with Crippen molar-refractivity contribution in [1.29, 1.82) is 0 Å². The van der Waals surface area contributed by atoms with Crippen molar-refractivity contribution in [2.75, 3.05) is 31.1 Å². The zero-order valence-corrected chi connectivity index (χ0v) is 19.9. The fraction of sp³-hybridized carbons (Fsp3) is 0.200. The third-order valence-corrected chi connectivity index (χ3v) is 7.00. The molecule has 1 aliphatic rings. The van der Waals surface area contributed by atoms with Crippen LogP contribution < -0.4 is 4.90 Å². The van der Waals surface area contributed by atoms with Gasteiger partial charge in [0.05, 0.1) is 16.3 Å². The number of hydrogen-bond acceptors (Lipinski definition) is 4. The van der Waals surface area contributed by atoms with Gasteiger partial charge in [0.1, 0.15) is 0 Å². The number of piperazine rings is 1. The number of hydrogen-bond donors (Lipinski definition) is 0. The van der Waals surface area contributed by atoms with Crippen molar-refractivity contribution in [2.45, 2.75) is 6.18 Å². The lowest BCUT2D eigenvalue weighted by Gasteiger charge is -2.36. The molecule has 1 fully saturated rings. The molecule has 0 radical (unpaired) electrons. The molecule has 2 aromatic carbocycles. The van der Waals surface area contributed by atoms with Gasteiger partial charge in [-0.1, -0.05) is 23.7 Å². The fourth-order valence-electron chi connectivity index (χ4n) is 4.08. The summed E-state index contributed by atoms with van der Waals surface area (Å²) in [6.45, 7) is 2.48. The fourth-order valence-corrected chi connectivity index (χ4v) is 5.00. The smallest absolute Gasteiger partial charge is 0.368 e. The van der Waals surface area contributed by atoms with Gasteiger partial charge < -0.3 is 9.80 Å². The van der Waals surface area contributed by atoms with E-state index in [0.29, 0.717) is 53.0 Å². The number of amides is 1. The van der Waals surface area contributed by atoms with Gasteiger partial charge in [0.15, 0.2) is 5.69 Å². The Morgan fingerprint density at radius 1 is 0.914 bits per heavy atom. The first kappa shape index (κ1) is 23.4. The van der Waals surface area contributed by atoms with Crippen molar-refractivity contribution in [3.8, 4) is 16.3 Å². The molecule has 0 aliphatic carbocycles. The van der Waals surface area contributed by atoms with Crippen LogP contribution in [-0.4, -0.2) is 46.8 Å². The predicted molar refractivity (Wildman–Crippen MR) is 131 cm³/mol. The maximum absolute atomic E-state index is 13.3. The first-order valence-corrected chi connectivity index (χ1v) is 12.2. The Morgan fingerprint density at radius 3 is 2.29 bits per heavy atom. The highest BCUT2D eigenvalue weighted by Crippen LogP contribution is 2.34. The lowest BCUT2D eigenvalue weighted by Crippen LogP contribution is -2.48. The molecule has 2 aromatic heterocycles. The molecule has 0 saturated carbocycles. The number of benzene rings is 2. The number of rotatable bonds is 4. The number of alkyl halides is 3. The zero-order chi connectivity index (χ0) is 24.6. The van der Waals surface area contributed by atoms with Gasteiger partial charge in [0.25, 0.3) is 5.91 Å². The van der Waals surface area contributed by atoms with E-state index >= 15 is 0 Å². The van der Waals surface area contributed by atoms with Crippen LogP contribution in [0.2, 0.25) is 5.02 Å². The number of halogens is 4. The third kappa shape index (κ3) is 4.92. The average Bonchev–Trinajstić information content (AvgIpc) is 3.54. The summed E-state index contributed by atoms with van der Waals surface area (Å²) in [6.07, 6.45) is -4.56. The van der Waals surface area contributed by atoms with Crippen LogP contribution in [0.4, 0.5) is 18.9 Å². The van der Waals surface area contributed by atoms with Gasteiger partial charge in [0.2, 0.25) is 0 Å². The SMILES string of the molecule is O=C(c1ccc(-n2nc(C(F)(F)F)cc2-c2cccs2)cc1)N1CCN(c2cccc(Cl)c2)CC1. The van der Waals surface area contributed by atoms with E-state index < -0.39 is 11.9 Å². The topological polar surface area (TPSA) is 41.4 Å². The van der Waals surface area contributed by atoms with Gasteiger partial charge in [-0.3, -0.25) is 4.79 Å². The van der Waals surface area contributed by atoms with E-state index in [1.165, 1.54) is 16.0 Å². The van der Waals surface area contributed by atoms with Gasteiger partial charge in [-0.05, 0) is 60.0 Å². The van der Waals surface area contributed by atoms with E-state index in [4.69, 9.17) is 11.6 Å². The molecule has 1 saturated heterocycles. The Hall–Kier alpha value is -3.30. The second-order valence-corrected chi connectivity index (χ2v) is 9.49. The number of carbonyl (C=O) groups is 1. The van der Waals surface area contributed by atoms with Crippen LogP contribution in [0.5, 0.6) is 0 Å². The molecule has 5 nitrogen and oxygen atoms in total. The van der Waals surface area contributed by atoms with Crippen molar-refractivity contribution in [3.05, 3.63) is 88.4 Å². The van der Waals surface area contributed by atoms with E-state index in [-0.39, 0.29) is 5.91 Å². The maximum atomic E-state index is 13.3. The first-order valence-electron chi connectivity index (χ1n) is 10.9. The number of nitrogens with zero attached hydrogens (tertiary/aromatic N) is 4. The minimum atomic E-state index is -4.56. The summed E-state index contributed by atoms with van der Waals surface area (Å²) in [5.74, 6) is -0.114. The summed E-state index contributed by atoms with van der Waals surface area (Å²) >= 11 is 7.42. The van der Waals surface area contributed by atoms with Crippen LogP contribution in [0.15, 0.2) is 72.1 Å². The van der Waals surface area contributed by atoms with E-state index in [2.05, 4.69) is 10.00 Å². The van der Waals surface area contributed by atoms with Crippen molar-refractivity contribution in [1.82, 2.24) is 14.7 Å². The summed E-state index contributed by atoms with van der Waals surface area (Å²) in [5, 5.41) is 6.27. The highest BCUT2D eigenvalue weighted by molar-refractivity contribution is 7.13. The Kier molecular flexibility index (Phi) is 6.29. The summed E-state index contributed by atoms with van der Waals surface area (Å²) in [5.41, 5.74) is 1.34. The van der Waals surface area contributed by atoms with E-state index in [1.54, 1.807) is 46.7 Å². The summed E-state index contributed by atoms with van der Waals surface area (Å²) in [4.78, 5) is 17.7. The monoisotopic (exact) mass is 516 g/mol. The quantitative estimate of drug-likeness (QED) is 0.322. The number of anilines is 1. The van der Waals surface area contributed by atoms with Gasteiger partial charge in [0, 0.05) is 42.5 Å². The summed E-state index contributed by atoms with van der Waals surface area (Å²) in [7, 11) is 0. The van der Waals surface area contributed by atoms with Crippen LogP contribution in [-0.2, 0) is 6.18 Å². The van der Waals surface area contributed by atoms with Gasteiger partial charge in [-0.2, -0.15) is 18.3 Å². The van der Waals surface area contributed by atoms with Crippen LogP contribution in [0.3, 0.4) is 0 Å². The van der Waals surface area contributed by atoms with Crippen LogP contribution in [0.25, 0.3) is 16.3 Å². The van der Waals surface area contributed by atoms with Crippen molar-refractivity contribution < 1.29 is 18.0 Å². The molecule has 180 valence electrons. The first-order chi connectivity index (χ1) is 16.8. The van der Waals surface area contributed by atoms with Gasteiger partial charge in [-0.25, -0.2) is 4.68 Å². The number of carbonyl (C=O) groups excluding carboxylic acids is 1. The van der Waals surface area contributed by atoms with Crippen molar-refractivity contribution in [3.63, 3.8) is 0 Å². The normalized spacial score (nSPS) is 14.4. The molecule has 35 heavy (non-hydrogen) atoms. The molecular formula is C25H20ClF3N4OS. The lowest BCUT2D eigenvalue weighted by atomic mass is 10.1. The molecule has 0 spiro atoms. The largest absolute Gasteiger partial charge is 0.435 e. The second kappa shape index (κ2) is 9.39. The van der Waals surface area contributed by atoms with E-state index in [9.17, 15) is 18.0 Å². The van der Waals surface area contributed by atoms with Crippen LogP contribution >= 0.6 is 22.9 Å². The summed E-state index contributed by atoms with van der Waals surface area (Å²) < 4.78 is 41.3. The van der Waals surface area contributed by atoms with Crippen LogP contribution in [0, 0.1) is 0 Å². The highest BCUT2D eigenvalue weighted by Gasteiger charge is 2.35. The van der Waals surface area contributed by atoms with Gasteiger partial charge in [-0.15, -0.1) is 11.3 Å². The average molecular weight is 517 g/mol. The van der Waals surface area contributed by atoms with E-state index in [1.807, 2.05) is 24.3 Å². The Bertz CT molecular complexity index is 1330. The molecule has 5 rings (SSSR count). The molecule has 1 amide bonds.